The van der Waals surface area contributed by atoms with Gasteiger partial charge in [-0.2, -0.15) is 0 Å². The minimum Gasteiger partial charge on any atom is -0.349 e. The molecule has 2 aromatic carbocycles. The Labute approximate surface area is 118 Å². The highest BCUT2D eigenvalue weighted by Crippen LogP contribution is 2.39. The molecule has 1 fully saturated rings. The van der Waals surface area contributed by atoms with Crippen molar-refractivity contribution in [2.75, 3.05) is 0 Å². The fourth-order valence-electron chi connectivity index (χ4n) is 3.62. The summed E-state index contributed by atoms with van der Waals surface area (Å²) in [6.45, 7) is 0. The van der Waals surface area contributed by atoms with Crippen molar-refractivity contribution in [1.29, 1.82) is 0 Å². The minimum atomic E-state index is 0.0627. The molecule has 1 amide bonds. The molecule has 0 aliphatic heterocycles. The van der Waals surface area contributed by atoms with E-state index in [-0.39, 0.29) is 5.91 Å². The van der Waals surface area contributed by atoms with Gasteiger partial charge in [0.15, 0.2) is 0 Å². The van der Waals surface area contributed by atoms with Crippen LogP contribution in [0.1, 0.15) is 23.2 Å². The number of hydrogen-bond acceptors (Lipinski definition) is 1. The van der Waals surface area contributed by atoms with Gasteiger partial charge in [-0.3, -0.25) is 4.79 Å². The Kier molecular flexibility index (Phi) is 2.62. The maximum atomic E-state index is 12.6. The number of hydrogen-bond donors (Lipinski definition) is 1. The van der Waals surface area contributed by atoms with Crippen LogP contribution in [-0.2, 0) is 0 Å². The van der Waals surface area contributed by atoms with Crippen LogP contribution in [0, 0.1) is 11.8 Å². The van der Waals surface area contributed by atoms with Gasteiger partial charge in [0, 0.05) is 11.6 Å². The third-order valence-electron chi connectivity index (χ3n) is 4.63. The second-order valence-corrected chi connectivity index (χ2v) is 5.89. The summed E-state index contributed by atoms with van der Waals surface area (Å²) >= 11 is 0. The lowest BCUT2D eigenvalue weighted by Gasteiger charge is -2.20. The summed E-state index contributed by atoms with van der Waals surface area (Å²) in [6, 6.07) is 14.3. The maximum absolute atomic E-state index is 12.6. The van der Waals surface area contributed by atoms with E-state index in [1.165, 1.54) is 6.42 Å². The maximum Gasteiger partial charge on any atom is 0.252 e. The number of allylic oxidation sites excluding steroid dienone is 1. The largest absolute Gasteiger partial charge is 0.349 e. The molecule has 0 saturated heterocycles. The zero-order valence-corrected chi connectivity index (χ0v) is 11.3. The van der Waals surface area contributed by atoms with Crippen molar-refractivity contribution in [1.82, 2.24) is 5.32 Å². The Bertz CT molecular complexity index is 698. The van der Waals surface area contributed by atoms with Gasteiger partial charge in [0.2, 0.25) is 0 Å². The van der Waals surface area contributed by atoms with E-state index in [4.69, 9.17) is 0 Å². The fourth-order valence-corrected chi connectivity index (χ4v) is 3.62. The van der Waals surface area contributed by atoms with Crippen LogP contribution in [0.4, 0.5) is 0 Å². The van der Waals surface area contributed by atoms with Crippen LogP contribution in [0.15, 0.2) is 54.6 Å². The number of carbonyl (C=O) groups is 1. The quantitative estimate of drug-likeness (QED) is 0.825. The van der Waals surface area contributed by atoms with Gasteiger partial charge in [-0.15, -0.1) is 0 Å². The average Bonchev–Trinajstić information content (AvgIpc) is 3.09. The molecular weight excluding hydrogens is 246 g/mol. The molecule has 2 aliphatic rings. The first-order valence-corrected chi connectivity index (χ1v) is 7.28. The van der Waals surface area contributed by atoms with Gasteiger partial charge in [-0.25, -0.2) is 0 Å². The molecule has 100 valence electrons. The minimum absolute atomic E-state index is 0.0627. The summed E-state index contributed by atoms with van der Waals surface area (Å²) in [6.07, 6.45) is 6.87. The molecule has 0 aromatic heterocycles. The van der Waals surface area contributed by atoms with E-state index in [2.05, 4.69) is 17.5 Å². The number of nitrogens with one attached hydrogen (secondary N) is 1. The van der Waals surface area contributed by atoms with Crippen molar-refractivity contribution in [2.45, 2.75) is 18.9 Å². The SMILES string of the molecule is O=C(NC1CC2C=CC1C2)c1cccc2ccccc12. The van der Waals surface area contributed by atoms with Gasteiger partial charge in [-0.1, -0.05) is 48.6 Å². The molecule has 2 nitrogen and oxygen atoms in total. The number of fused-ring (bicyclic) bond motifs is 3. The molecule has 2 aromatic rings. The highest BCUT2D eigenvalue weighted by molar-refractivity contribution is 6.07. The average molecular weight is 263 g/mol. The lowest BCUT2D eigenvalue weighted by molar-refractivity contribution is 0.0933. The van der Waals surface area contributed by atoms with Crippen LogP contribution in [-0.4, -0.2) is 11.9 Å². The normalized spacial score (nSPS) is 27.1. The van der Waals surface area contributed by atoms with Crippen molar-refractivity contribution >= 4 is 16.7 Å². The lowest BCUT2D eigenvalue weighted by Crippen LogP contribution is -2.37. The van der Waals surface area contributed by atoms with Gasteiger partial charge in [0.25, 0.3) is 5.91 Å². The summed E-state index contributed by atoms with van der Waals surface area (Å²) in [5.41, 5.74) is 0.787. The van der Waals surface area contributed by atoms with Crippen LogP contribution >= 0.6 is 0 Å². The standard InChI is InChI=1S/C18H17NO/c20-18(19-17-11-12-8-9-14(17)10-12)16-7-3-5-13-4-1-2-6-15(13)16/h1-9,12,14,17H,10-11H2,(H,19,20). The molecule has 2 aliphatic carbocycles. The van der Waals surface area contributed by atoms with Crippen molar-refractivity contribution in [3.8, 4) is 0 Å². The molecule has 2 heteroatoms. The summed E-state index contributed by atoms with van der Waals surface area (Å²) in [4.78, 5) is 12.6. The molecular formula is C18H17NO. The summed E-state index contributed by atoms with van der Waals surface area (Å²) in [7, 11) is 0. The van der Waals surface area contributed by atoms with Gasteiger partial charge < -0.3 is 5.32 Å². The predicted molar refractivity (Wildman–Crippen MR) is 80.6 cm³/mol. The number of benzene rings is 2. The fraction of sp³-hybridized carbons (Fsp3) is 0.278. The Morgan fingerprint density at radius 1 is 1.00 bits per heavy atom. The summed E-state index contributed by atoms with van der Waals surface area (Å²) < 4.78 is 0. The Morgan fingerprint density at radius 2 is 1.85 bits per heavy atom. The first kappa shape index (κ1) is 11.7. The third-order valence-corrected chi connectivity index (χ3v) is 4.63. The van der Waals surface area contributed by atoms with Gasteiger partial charge in [0.05, 0.1) is 0 Å². The second-order valence-electron chi connectivity index (χ2n) is 5.89. The van der Waals surface area contributed by atoms with Crippen LogP contribution in [0.3, 0.4) is 0 Å². The second kappa shape index (κ2) is 4.48. The molecule has 0 heterocycles. The van der Waals surface area contributed by atoms with Crippen LogP contribution in [0.25, 0.3) is 10.8 Å². The molecule has 0 spiro atoms. The number of rotatable bonds is 2. The van der Waals surface area contributed by atoms with Crippen molar-refractivity contribution in [3.05, 3.63) is 60.2 Å². The Hall–Kier alpha value is -2.09. The molecule has 1 N–H and O–H groups in total. The third kappa shape index (κ3) is 1.83. The van der Waals surface area contributed by atoms with Crippen LogP contribution in [0.5, 0.6) is 0 Å². The number of amides is 1. The summed E-state index contributed by atoms with van der Waals surface area (Å²) in [5, 5.41) is 5.38. The Balaban J connectivity index is 1.63. The van der Waals surface area contributed by atoms with E-state index in [1.807, 2.05) is 42.5 Å². The van der Waals surface area contributed by atoms with Crippen molar-refractivity contribution in [2.24, 2.45) is 11.8 Å². The molecule has 1 saturated carbocycles. The smallest absolute Gasteiger partial charge is 0.252 e. The monoisotopic (exact) mass is 263 g/mol. The topological polar surface area (TPSA) is 29.1 Å². The highest BCUT2D eigenvalue weighted by atomic mass is 16.1. The van der Waals surface area contributed by atoms with Gasteiger partial charge in [0.1, 0.15) is 0 Å². The first-order valence-electron chi connectivity index (χ1n) is 7.28. The molecule has 3 atom stereocenters. The van der Waals surface area contributed by atoms with E-state index < -0.39 is 0 Å². The van der Waals surface area contributed by atoms with Crippen molar-refractivity contribution in [3.63, 3.8) is 0 Å². The van der Waals surface area contributed by atoms with E-state index in [9.17, 15) is 4.79 Å². The van der Waals surface area contributed by atoms with E-state index >= 15 is 0 Å². The summed E-state index contributed by atoms with van der Waals surface area (Å²) in [5.74, 6) is 1.28. The van der Waals surface area contributed by atoms with E-state index in [0.29, 0.717) is 17.9 Å². The van der Waals surface area contributed by atoms with E-state index in [1.54, 1.807) is 0 Å². The molecule has 2 bridgehead atoms. The van der Waals surface area contributed by atoms with Crippen LogP contribution in [0.2, 0.25) is 0 Å². The molecule has 3 unspecified atom stereocenters. The first-order chi connectivity index (χ1) is 9.81. The van der Waals surface area contributed by atoms with Gasteiger partial charge >= 0.3 is 0 Å². The zero-order valence-electron chi connectivity index (χ0n) is 11.3. The highest BCUT2D eigenvalue weighted by Gasteiger charge is 2.36. The number of carbonyl (C=O) groups excluding carboxylic acids is 1. The Morgan fingerprint density at radius 3 is 2.65 bits per heavy atom. The van der Waals surface area contributed by atoms with E-state index in [0.717, 1.165) is 22.8 Å². The molecule has 0 radical (unpaired) electrons. The molecule has 4 rings (SSSR count). The molecule has 20 heavy (non-hydrogen) atoms. The van der Waals surface area contributed by atoms with Crippen molar-refractivity contribution < 1.29 is 4.79 Å². The lowest BCUT2D eigenvalue weighted by atomic mass is 10.00. The van der Waals surface area contributed by atoms with Crippen LogP contribution < -0.4 is 5.32 Å². The van der Waals surface area contributed by atoms with Gasteiger partial charge in [-0.05, 0) is 41.5 Å². The predicted octanol–water partition coefficient (Wildman–Crippen LogP) is 3.53. The zero-order chi connectivity index (χ0) is 13.5.